The molecule has 2 N–H and O–H groups in total. The number of hydrogen-bond donors (Lipinski definition) is 2. The Morgan fingerprint density at radius 1 is 0.421 bits per heavy atom. The Bertz CT molecular complexity index is 1360. The minimum atomic E-state index is 0.419. The minimum Gasteiger partial charge on any atom is -0.353 e. The van der Waals surface area contributed by atoms with E-state index in [1.165, 1.54) is 66.9 Å². The zero-order valence-corrected chi connectivity index (χ0v) is 24.2. The lowest BCUT2D eigenvalue weighted by molar-refractivity contribution is 0.838. The lowest BCUT2D eigenvalue weighted by atomic mass is 9.92. The van der Waals surface area contributed by atoms with Crippen molar-refractivity contribution < 1.29 is 0 Å². The van der Waals surface area contributed by atoms with Gasteiger partial charge in [0, 0.05) is 27.9 Å². The van der Waals surface area contributed by atoms with Crippen molar-refractivity contribution in [3.8, 4) is 0 Å². The Kier molecular flexibility index (Phi) is 7.09. The number of para-hydroxylation sites is 2. The van der Waals surface area contributed by atoms with Gasteiger partial charge in [0.2, 0.25) is 0 Å². The molecular formula is C36H42N2. The van der Waals surface area contributed by atoms with Gasteiger partial charge < -0.3 is 10.6 Å². The molecule has 0 spiro atoms. The normalized spacial score (nSPS) is 13.1. The molecule has 0 bridgehead atoms. The quantitative estimate of drug-likeness (QED) is 0.250. The molecule has 0 fully saturated rings. The van der Waals surface area contributed by atoms with E-state index in [9.17, 15) is 0 Å². The maximum atomic E-state index is 4.03. The van der Waals surface area contributed by atoms with Crippen molar-refractivity contribution >= 4 is 33.5 Å². The summed E-state index contributed by atoms with van der Waals surface area (Å²) in [5.41, 5.74) is 12.8. The van der Waals surface area contributed by atoms with Gasteiger partial charge in [-0.1, -0.05) is 128 Å². The molecule has 2 heteroatoms. The molecule has 0 atom stereocenters. The predicted octanol–water partition coefficient (Wildman–Crippen LogP) is 10.7. The Balaban J connectivity index is 1.77. The standard InChI is InChI=1S/C36H42N2/c1-21(2)26-15-11-16-27(22(3)4)33(26)37-35-30-19-9-13-25-14-10-20-31(32(25)30)36(35)38-34-28(23(5)6)17-12-18-29(34)24(7)8/h9-24,37-38H,1-8H3. The van der Waals surface area contributed by atoms with E-state index in [1.54, 1.807) is 0 Å². The number of nitrogens with one attached hydrogen (secondary N) is 2. The van der Waals surface area contributed by atoms with E-state index in [-0.39, 0.29) is 0 Å². The maximum Gasteiger partial charge on any atom is 0.0710 e. The highest BCUT2D eigenvalue weighted by atomic mass is 15.0. The first-order chi connectivity index (χ1) is 18.2. The molecule has 0 aromatic heterocycles. The van der Waals surface area contributed by atoms with E-state index in [4.69, 9.17) is 0 Å². The highest BCUT2D eigenvalue weighted by molar-refractivity contribution is 6.18. The van der Waals surface area contributed by atoms with E-state index in [2.05, 4.69) is 139 Å². The summed E-state index contributed by atoms with van der Waals surface area (Å²) < 4.78 is 0. The van der Waals surface area contributed by atoms with E-state index in [0.29, 0.717) is 23.7 Å². The van der Waals surface area contributed by atoms with Gasteiger partial charge in [-0.25, -0.2) is 0 Å². The topological polar surface area (TPSA) is 24.1 Å². The molecule has 38 heavy (non-hydrogen) atoms. The molecule has 0 radical (unpaired) electrons. The summed E-state index contributed by atoms with van der Waals surface area (Å²) in [5.74, 6) is 1.67. The van der Waals surface area contributed by atoms with E-state index < -0.39 is 0 Å². The Labute approximate surface area is 229 Å². The van der Waals surface area contributed by atoms with Crippen LogP contribution in [0.2, 0.25) is 0 Å². The van der Waals surface area contributed by atoms with Crippen LogP contribution in [0.4, 0.5) is 11.4 Å². The molecule has 0 aliphatic heterocycles. The molecule has 0 unspecified atom stereocenters. The van der Waals surface area contributed by atoms with Crippen LogP contribution in [-0.2, 0) is 0 Å². The lowest BCUT2D eigenvalue weighted by Gasteiger charge is -2.25. The van der Waals surface area contributed by atoms with Crippen molar-refractivity contribution in [1.82, 2.24) is 0 Å². The molecule has 0 amide bonds. The fourth-order valence-corrected chi connectivity index (χ4v) is 5.93. The van der Waals surface area contributed by atoms with E-state index >= 15 is 0 Å². The van der Waals surface area contributed by atoms with E-state index in [1.807, 2.05) is 0 Å². The minimum absolute atomic E-state index is 0.419. The summed E-state index contributed by atoms with van der Waals surface area (Å²) in [7, 11) is 0. The van der Waals surface area contributed by atoms with Crippen LogP contribution in [0.3, 0.4) is 0 Å². The molecule has 0 saturated heterocycles. The predicted molar refractivity (Wildman–Crippen MR) is 167 cm³/mol. The first-order valence-electron chi connectivity index (χ1n) is 14.2. The van der Waals surface area contributed by atoms with Crippen molar-refractivity contribution in [1.29, 1.82) is 0 Å². The summed E-state index contributed by atoms with van der Waals surface area (Å²) >= 11 is 0. The zero-order chi connectivity index (χ0) is 27.1. The fraction of sp³-hybridized carbons (Fsp3) is 0.333. The van der Waals surface area contributed by atoms with Crippen molar-refractivity contribution in [2.75, 3.05) is 10.6 Å². The lowest BCUT2D eigenvalue weighted by Crippen LogP contribution is -2.11. The average molecular weight is 503 g/mol. The van der Waals surface area contributed by atoms with Gasteiger partial charge in [0.15, 0.2) is 0 Å². The monoisotopic (exact) mass is 502 g/mol. The Morgan fingerprint density at radius 2 is 0.737 bits per heavy atom. The van der Waals surface area contributed by atoms with Crippen LogP contribution in [0.1, 0.15) is 112 Å². The Morgan fingerprint density at radius 3 is 1.05 bits per heavy atom. The molecule has 1 aliphatic carbocycles. The average Bonchev–Trinajstić information content (AvgIpc) is 3.17. The highest BCUT2D eigenvalue weighted by Crippen LogP contribution is 2.46. The maximum absolute atomic E-state index is 4.03. The van der Waals surface area contributed by atoms with Gasteiger partial charge in [0.05, 0.1) is 11.4 Å². The second kappa shape index (κ2) is 10.3. The van der Waals surface area contributed by atoms with Crippen molar-refractivity contribution in [2.24, 2.45) is 0 Å². The first kappa shape index (κ1) is 26.1. The second-order valence-electron chi connectivity index (χ2n) is 12.0. The molecule has 2 nitrogen and oxygen atoms in total. The largest absolute Gasteiger partial charge is 0.353 e. The highest BCUT2D eigenvalue weighted by Gasteiger charge is 2.28. The summed E-state index contributed by atoms with van der Waals surface area (Å²) in [5, 5.41) is 10.7. The van der Waals surface area contributed by atoms with Crippen LogP contribution in [0.15, 0.2) is 72.8 Å². The second-order valence-corrected chi connectivity index (χ2v) is 12.0. The van der Waals surface area contributed by atoms with Crippen LogP contribution in [-0.4, -0.2) is 0 Å². The fourth-order valence-electron chi connectivity index (χ4n) is 5.93. The van der Waals surface area contributed by atoms with Crippen molar-refractivity contribution in [3.63, 3.8) is 0 Å². The van der Waals surface area contributed by atoms with Gasteiger partial charge in [-0.05, 0) is 51.3 Å². The Hall–Kier alpha value is -3.52. The van der Waals surface area contributed by atoms with Crippen LogP contribution >= 0.6 is 0 Å². The van der Waals surface area contributed by atoms with Crippen molar-refractivity contribution in [3.05, 3.63) is 106 Å². The molecule has 196 valence electrons. The molecule has 0 heterocycles. The van der Waals surface area contributed by atoms with Crippen LogP contribution in [0.25, 0.3) is 22.2 Å². The molecule has 4 aromatic rings. The summed E-state index contributed by atoms with van der Waals surface area (Å²) in [6, 6.07) is 26.9. The van der Waals surface area contributed by atoms with Crippen LogP contribution < -0.4 is 10.6 Å². The number of rotatable bonds is 8. The van der Waals surface area contributed by atoms with Crippen molar-refractivity contribution in [2.45, 2.75) is 79.1 Å². The molecule has 4 aromatic carbocycles. The van der Waals surface area contributed by atoms with Gasteiger partial charge >= 0.3 is 0 Å². The SMILES string of the molecule is CC(C)c1cccc(C(C)C)c1NC1=C(Nc2c(C(C)C)cccc2C(C)C)c2cccc3cccc1c23. The molecular weight excluding hydrogens is 460 g/mol. The third kappa shape index (κ3) is 4.51. The van der Waals surface area contributed by atoms with Gasteiger partial charge in [-0.2, -0.15) is 0 Å². The smallest absolute Gasteiger partial charge is 0.0710 e. The van der Waals surface area contributed by atoms with Gasteiger partial charge in [0.25, 0.3) is 0 Å². The summed E-state index contributed by atoms with van der Waals surface area (Å²) in [6.07, 6.45) is 0. The first-order valence-corrected chi connectivity index (χ1v) is 14.2. The number of benzene rings is 4. The number of hydrogen-bond acceptors (Lipinski definition) is 2. The summed E-state index contributed by atoms with van der Waals surface area (Å²) in [4.78, 5) is 0. The van der Waals surface area contributed by atoms with Crippen LogP contribution in [0.5, 0.6) is 0 Å². The third-order valence-corrected chi connectivity index (χ3v) is 7.94. The molecule has 0 saturated carbocycles. The van der Waals surface area contributed by atoms with Crippen LogP contribution in [0, 0.1) is 0 Å². The molecule has 5 rings (SSSR count). The van der Waals surface area contributed by atoms with Gasteiger partial charge in [-0.15, -0.1) is 0 Å². The van der Waals surface area contributed by atoms with Gasteiger partial charge in [-0.3, -0.25) is 0 Å². The van der Waals surface area contributed by atoms with E-state index in [0.717, 1.165) is 0 Å². The third-order valence-electron chi connectivity index (χ3n) is 7.94. The van der Waals surface area contributed by atoms with Gasteiger partial charge in [0.1, 0.15) is 0 Å². The number of anilines is 2. The molecule has 1 aliphatic rings. The zero-order valence-electron chi connectivity index (χ0n) is 24.2. The summed E-state index contributed by atoms with van der Waals surface area (Å²) in [6.45, 7) is 18.3.